The molecule has 1 fully saturated rings. The standard InChI is InChI=1S/C21H26FN3O2/c1-23-21(24-12-15-26-20-9-5-6-17(22)16-20)25-13-10-19(11-14-25)27-18-7-3-2-4-8-18/h2-9,16,19H,10-15H2,1H3,(H,23,24). The minimum absolute atomic E-state index is 0.234. The summed E-state index contributed by atoms with van der Waals surface area (Å²) in [6.07, 6.45) is 2.14. The predicted octanol–water partition coefficient (Wildman–Crippen LogP) is 3.32. The van der Waals surface area contributed by atoms with E-state index in [0.717, 1.165) is 37.6 Å². The summed E-state index contributed by atoms with van der Waals surface area (Å²) in [4.78, 5) is 6.58. The number of ether oxygens (including phenoxy) is 2. The van der Waals surface area contributed by atoms with Crippen molar-refractivity contribution in [3.05, 3.63) is 60.4 Å². The van der Waals surface area contributed by atoms with Crippen molar-refractivity contribution in [2.24, 2.45) is 4.99 Å². The number of hydrogen-bond donors (Lipinski definition) is 1. The molecule has 0 saturated carbocycles. The Hall–Kier alpha value is -2.76. The molecule has 6 heteroatoms. The molecule has 2 aromatic carbocycles. The van der Waals surface area contributed by atoms with Crippen LogP contribution in [0.3, 0.4) is 0 Å². The highest BCUT2D eigenvalue weighted by molar-refractivity contribution is 5.79. The maximum atomic E-state index is 13.1. The fourth-order valence-electron chi connectivity index (χ4n) is 3.10. The number of para-hydroxylation sites is 1. The number of likely N-dealkylation sites (tertiary alicyclic amines) is 1. The van der Waals surface area contributed by atoms with Gasteiger partial charge in [-0.25, -0.2) is 4.39 Å². The van der Waals surface area contributed by atoms with E-state index in [4.69, 9.17) is 9.47 Å². The lowest BCUT2D eigenvalue weighted by Crippen LogP contribution is -2.48. The van der Waals surface area contributed by atoms with Gasteiger partial charge in [0.25, 0.3) is 0 Å². The average Bonchev–Trinajstić information content (AvgIpc) is 2.70. The van der Waals surface area contributed by atoms with Gasteiger partial charge >= 0.3 is 0 Å². The Morgan fingerprint density at radius 1 is 1.11 bits per heavy atom. The van der Waals surface area contributed by atoms with E-state index >= 15 is 0 Å². The van der Waals surface area contributed by atoms with Crippen molar-refractivity contribution in [2.75, 3.05) is 33.3 Å². The molecule has 27 heavy (non-hydrogen) atoms. The number of nitrogens with one attached hydrogen (secondary N) is 1. The van der Waals surface area contributed by atoms with Crippen molar-refractivity contribution in [3.8, 4) is 11.5 Å². The Morgan fingerprint density at radius 3 is 2.56 bits per heavy atom. The topological polar surface area (TPSA) is 46.1 Å². The minimum Gasteiger partial charge on any atom is -0.492 e. The number of rotatable bonds is 6. The second-order valence-electron chi connectivity index (χ2n) is 6.40. The van der Waals surface area contributed by atoms with E-state index in [1.54, 1.807) is 19.2 Å². The fourth-order valence-corrected chi connectivity index (χ4v) is 3.10. The molecule has 1 aliphatic rings. The van der Waals surface area contributed by atoms with Crippen LogP contribution < -0.4 is 14.8 Å². The Balaban J connectivity index is 1.38. The number of hydrogen-bond acceptors (Lipinski definition) is 3. The molecule has 0 aromatic heterocycles. The zero-order chi connectivity index (χ0) is 18.9. The van der Waals surface area contributed by atoms with Crippen LogP contribution in [-0.2, 0) is 0 Å². The first-order chi connectivity index (χ1) is 13.2. The molecular formula is C21H26FN3O2. The lowest BCUT2D eigenvalue weighted by molar-refractivity contribution is 0.129. The van der Waals surface area contributed by atoms with E-state index in [9.17, 15) is 4.39 Å². The minimum atomic E-state index is -0.295. The molecule has 0 atom stereocenters. The number of nitrogens with zero attached hydrogens (tertiary/aromatic N) is 2. The highest BCUT2D eigenvalue weighted by Gasteiger charge is 2.22. The van der Waals surface area contributed by atoms with Crippen molar-refractivity contribution in [1.82, 2.24) is 10.2 Å². The Bertz CT molecular complexity index is 731. The normalized spacial score (nSPS) is 15.5. The second kappa shape index (κ2) is 9.80. The molecule has 0 amide bonds. The molecule has 144 valence electrons. The molecule has 0 bridgehead atoms. The summed E-state index contributed by atoms with van der Waals surface area (Å²) in [6.45, 7) is 2.82. The van der Waals surface area contributed by atoms with E-state index in [1.807, 2.05) is 30.3 Å². The monoisotopic (exact) mass is 371 g/mol. The smallest absolute Gasteiger partial charge is 0.193 e. The highest BCUT2D eigenvalue weighted by Crippen LogP contribution is 2.18. The lowest BCUT2D eigenvalue weighted by Gasteiger charge is -2.34. The molecule has 5 nitrogen and oxygen atoms in total. The summed E-state index contributed by atoms with van der Waals surface area (Å²) in [5.74, 6) is 2.02. The maximum absolute atomic E-state index is 13.1. The van der Waals surface area contributed by atoms with E-state index in [-0.39, 0.29) is 11.9 Å². The van der Waals surface area contributed by atoms with Crippen LogP contribution in [0.4, 0.5) is 4.39 Å². The Labute approximate surface area is 159 Å². The molecule has 0 spiro atoms. The van der Waals surface area contributed by atoms with E-state index in [2.05, 4.69) is 15.2 Å². The van der Waals surface area contributed by atoms with Gasteiger partial charge in [-0.15, -0.1) is 0 Å². The van der Waals surface area contributed by atoms with Gasteiger partial charge in [0.05, 0.1) is 6.54 Å². The number of benzene rings is 2. The zero-order valence-corrected chi connectivity index (χ0v) is 15.6. The first kappa shape index (κ1) is 19.0. The fraction of sp³-hybridized carbons (Fsp3) is 0.381. The molecular weight excluding hydrogens is 345 g/mol. The molecule has 1 aliphatic heterocycles. The van der Waals surface area contributed by atoms with Crippen molar-refractivity contribution in [3.63, 3.8) is 0 Å². The Morgan fingerprint density at radius 2 is 1.85 bits per heavy atom. The van der Waals surface area contributed by atoms with Crippen molar-refractivity contribution < 1.29 is 13.9 Å². The highest BCUT2D eigenvalue weighted by atomic mass is 19.1. The van der Waals surface area contributed by atoms with Crippen LogP contribution in [0.1, 0.15) is 12.8 Å². The molecule has 1 heterocycles. The number of halogens is 1. The third-order valence-electron chi connectivity index (χ3n) is 4.45. The van der Waals surface area contributed by atoms with Crippen molar-refractivity contribution in [2.45, 2.75) is 18.9 Å². The molecule has 0 aliphatic carbocycles. The molecule has 0 unspecified atom stereocenters. The van der Waals surface area contributed by atoms with Gasteiger partial charge in [-0.3, -0.25) is 4.99 Å². The number of aliphatic imine (C=N–C) groups is 1. The van der Waals surface area contributed by atoms with Gasteiger partial charge < -0.3 is 19.7 Å². The lowest BCUT2D eigenvalue weighted by atomic mass is 10.1. The van der Waals surface area contributed by atoms with Crippen LogP contribution in [-0.4, -0.2) is 50.3 Å². The number of guanidine groups is 1. The van der Waals surface area contributed by atoms with Crippen LogP contribution in [0, 0.1) is 5.82 Å². The van der Waals surface area contributed by atoms with Gasteiger partial charge in [-0.2, -0.15) is 0 Å². The van der Waals surface area contributed by atoms with Gasteiger partial charge in [0, 0.05) is 39.0 Å². The molecule has 1 saturated heterocycles. The first-order valence-electron chi connectivity index (χ1n) is 9.30. The van der Waals surface area contributed by atoms with Crippen LogP contribution in [0.5, 0.6) is 11.5 Å². The average molecular weight is 371 g/mol. The zero-order valence-electron chi connectivity index (χ0n) is 15.6. The quantitative estimate of drug-likeness (QED) is 0.481. The summed E-state index contributed by atoms with van der Waals surface area (Å²) in [5.41, 5.74) is 0. The SMILES string of the molecule is CN=C(NCCOc1cccc(F)c1)N1CCC(Oc2ccccc2)CC1. The Kier molecular flexibility index (Phi) is 6.90. The predicted molar refractivity (Wildman–Crippen MR) is 105 cm³/mol. The van der Waals surface area contributed by atoms with Gasteiger partial charge in [0.2, 0.25) is 0 Å². The van der Waals surface area contributed by atoms with E-state index in [0.29, 0.717) is 18.9 Å². The van der Waals surface area contributed by atoms with E-state index in [1.165, 1.54) is 12.1 Å². The first-order valence-corrected chi connectivity index (χ1v) is 9.30. The van der Waals surface area contributed by atoms with Gasteiger partial charge in [0.1, 0.15) is 30.0 Å². The van der Waals surface area contributed by atoms with Crippen LogP contribution in [0.15, 0.2) is 59.6 Å². The summed E-state index contributed by atoms with van der Waals surface area (Å²) in [6, 6.07) is 16.1. The summed E-state index contributed by atoms with van der Waals surface area (Å²) in [5, 5.41) is 3.30. The van der Waals surface area contributed by atoms with Crippen LogP contribution in [0.25, 0.3) is 0 Å². The van der Waals surface area contributed by atoms with Crippen molar-refractivity contribution in [1.29, 1.82) is 0 Å². The maximum Gasteiger partial charge on any atom is 0.193 e. The van der Waals surface area contributed by atoms with E-state index < -0.39 is 0 Å². The summed E-state index contributed by atoms with van der Waals surface area (Å²) < 4.78 is 24.7. The molecule has 0 radical (unpaired) electrons. The second-order valence-corrected chi connectivity index (χ2v) is 6.40. The summed E-state index contributed by atoms with van der Waals surface area (Å²) in [7, 11) is 1.78. The van der Waals surface area contributed by atoms with Gasteiger partial charge in [0.15, 0.2) is 5.96 Å². The van der Waals surface area contributed by atoms with Crippen molar-refractivity contribution >= 4 is 5.96 Å². The number of piperidine rings is 1. The summed E-state index contributed by atoms with van der Waals surface area (Å²) >= 11 is 0. The third kappa shape index (κ3) is 5.88. The molecule has 1 N–H and O–H groups in total. The molecule has 3 rings (SSSR count). The largest absolute Gasteiger partial charge is 0.492 e. The van der Waals surface area contributed by atoms with Crippen LogP contribution in [0.2, 0.25) is 0 Å². The van der Waals surface area contributed by atoms with Gasteiger partial charge in [-0.05, 0) is 24.3 Å². The molecule has 2 aromatic rings. The third-order valence-corrected chi connectivity index (χ3v) is 4.45. The van der Waals surface area contributed by atoms with Gasteiger partial charge in [-0.1, -0.05) is 24.3 Å². The van der Waals surface area contributed by atoms with Crippen LogP contribution >= 0.6 is 0 Å².